The molecule has 7 nitrogen and oxygen atoms in total. The normalized spacial score (nSPS) is 17.2. The van der Waals surface area contributed by atoms with Crippen LogP contribution in [0.5, 0.6) is 0 Å². The van der Waals surface area contributed by atoms with Crippen LogP contribution < -0.4 is 5.32 Å². The predicted octanol–water partition coefficient (Wildman–Crippen LogP) is 1.42. The molecular weight excluding hydrogens is 262 g/mol. The molecule has 0 aliphatic carbocycles. The van der Waals surface area contributed by atoms with Crippen LogP contribution in [-0.4, -0.2) is 35.4 Å². The van der Waals surface area contributed by atoms with E-state index in [1.54, 1.807) is 0 Å². The first kappa shape index (κ1) is 14.2. The molecule has 20 heavy (non-hydrogen) atoms. The van der Waals surface area contributed by atoms with E-state index >= 15 is 0 Å². The number of ether oxygens (including phenoxy) is 1. The third-order valence-corrected chi connectivity index (χ3v) is 3.49. The molecule has 1 heterocycles. The highest BCUT2D eigenvalue weighted by Crippen LogP contribution is 2.29. The lowest BCUT2D eigenvalue weighted by Gasteiger charge is -2.37. The molecular formula is C13H15N3O4. The summed E-state index contributed by atoms with van der Waals surface area (Å²) in [6.45, 7) is 0.975. The fourth-order valence-electron chi connectivity index (χ4n) is 2.22. The summed E-state index contributed by atoms with van der Waals surface area (Å²) in [5.41, 5.74) is 0.0182. The maximum Gasteiger partial charge on any atom is 0.270 e. The second kappa shape index (κ2) is 5.86. The van der Waals surface area contributed by atoms with Crippen LogP contribution in [-0.2, 0) is 4.74 Å². The minimum Gasteiger partial charge on any atom is -0.394 e. The molecule has 1 aromatic carbocycles. The largest absolute Gasteiger partial charge is 0.394 e. The van der Waals surface area contributed by atoms with Gasteiger partial charge in [0.1, 0.15) is 6.07 Å². The number of benzene rings is 1. The van der Waals surface area contributed by atoms with E-state index in [1.165, 1.54) is 18.2 Å². The van der Waals surface area contributed by atoms with E-state index in [0.29, 0.717) is 31.7 Å². The lowest BCUT2D eigenvalue weighted by Crippen LogP contribution is -2.47. The van der Waals surface area contributed by atoms with Gasteiger partial charge in [0.15, 0.2) is 0 Å². The molecule has 0 atom stereocenters. The van der Waals surface area contributed by atoms with E-state index in [-0.39, 0.29) is 17.9 Å². The van der Waals surface area contributed by atoms with Crippen molar-refractivity contribution in [3.63, 3.8) is 0 Å². The smallest absolute Gasteiger partial charge is 0.270 e. The molecule has 0 bridgehead atoms. The Morgan fingerprint density at radius 1 is 1.50 bits per heavy atom. The Labute approximate surface area is 115 Å². The maximum absolute atomic E-state index is 10.7. The molecule has 0 unspecified atom stereocenters. The van der Waals surface area contributed by atoms with Crippen LogP contribution in [0.15, 0.2) is 18.2 Å². The van der Waals surface area contributed by atoms with E-state index in [2.05, 4.69) is 5.32 Å². The van der Waals surface area contributed by atoms with Gasteiger partial charge in [0.05, 0.1) is 28.3 Å². The monoisotopic (exact) mass is 277 g/mol. The van der Waals surface area contributed by atoms with Crippen LogP contribution in [0.1, 0.15) is 18.4 Å². The molecule has 7 heteroatoms. The molecule has 0 aromatic heterocycles. The highest BCUT2D eigenvalue weighted by atomic mass is 16.6. The average molecular weight is 277 g/mol. The molecule has 1 aliphatic rings. The Kier molecular flexibility index (Phi) is 4.17. The number of rotatable bonds is 4. The Morgan fingerprint density at radius 2 is 2.20 bits per heavy atom. The van der Waals surface area contributed by atoms with Crippen molar-refractivity contribution >= 4 is 11.4 Å². The van der Waals surface area contributed by atoms with Crippen molar-refractivity contribution in [2.75, 3.05) is 25.1 Å². The summed E-state index contributed by atoms with van der Waals surface area (Å²) in [6.07, 6.45) is 1.23. The van der Waals surface area contributed by atoms with Crippen molar-refractivity contribution < 1.29 is 14.8 Å². The number of nitrogens with zero attached hydrogens (tertiary/aromatic N) is 2. The maximum atomic E-state index is 10.7. The number of aliphatic hydroxyl groups is 1. The molecule has 1 aromatic rings. The van der Waals surface area contributed by atoms with Crippen molar-refractivity contribution in [2.24, 2.45) is 0 Å². The van der Waals surface area contributed by atoms with Crippen LogP contribution in [0.3, 0.4) is 0 Å². The molecule has 2 rings (SSSR count). The highest BCUT2D eigenvalue weighted by molar-refractivity contribution is 5.62. The van der Waals surface area contributed by atoms with Crippen molar-refractivity contribution in [3.05, 3.63) is 33.9 Å². The number of nitriles is 1. The number of anilines is 1. The van der Waals surface area contributed by atoms with E-state index < -0.39 is 10.5 Å². The Hall–Kier alpha value is -2.17. The molecule has 1 fully saturated rings. The predicted molar refractivity (Wildman–Crippen MR) is 71.3 cm³/mol. The summed E-state index contributed by atoms with van der Waals surface area (Å²) in [4.78, 5) is 10.2. The van der Waals surface area contributed by atoms with E-state index in [1.807, 2.05) is 6.07 Å². The molecule has 0 radical (unpaired) electrons. The van der Waals surface area contributed by atoms with Gasteiger partial charge < -0.3 is 15.2 Å². The fraction of sp³-hybridized carbons (Fsp3) is 0.462. The van der Waals surface area contributed by atoms with E-state index in [9.17, 15) is 15.2 Å². The standard InChI is InChI=1S/C13H15N3O4/c14-8-10-7-11(16(18)19)1-2-12(10)15-13(9-17)3-5-20-6-4-13/h1-2,7,15,17H,3-6,9H2. The second-order valence-corrected chi connectivity index (χ2v) is 4.77. The first-order valence-electron chi connectivity index (χ1n) is 6.25. The molecule has 1 saturated heterocycles. The van der Waals surface area contributed by atoms with Gasteiger partial charge in [-0.1, -0.05) is 0 Å². The summed E-state index contributed by atoms with van der Waals surface area (Å²) in [5, 5.41) is 32.6. The first-order valence-corrected chi connectivity index (χ1v) is 6.25. The van der Waals surface area contributed by atoms with Crippen molar-refractivity contribution in [1.82, 2.24) is 0 Å². The van der Waals surface area contributed by atoms with Crippen LogP contribution in [0.25, 0.3) is 0 Å². The fourth-order valence-corrected chi connectivity index (χ4v) is 2.22. The highest BCUT2D eigenvalue weighted by Gasteiger charge is 2.32. The summed E-state index contributed by atoms with van der Waals surface area (Å²) >= 11 is 0. The van der Waals surface area contributed by atoms with Gasteiger partial charge in [-0.2, -0.15) is 5.26 Å². The Morgan fingerprint density at radius 3 is 2.75 bits per heavy atom. The minimum absolute atomic E-state index is 0.0851. The van der Waals surface area contributed by atoms with Gasteiger partial charge in [0.25, 0.3) is 5.69 Å². The molecule has 2 N–H and O–H groups in total. The SMILES string of the molecule is N#Cc1cc([N+](=O)[O-])ccc1NC1(CO)CCOCC1. The molecule has 106 valence electrons. The quantitative estimate of drug-likeness (QED) is 0.636. The molecule has 0 saturated carbocycles. The van der Waals surface area contributed by atoms with Gasteiger partial charge in [0.2, 0.25) is 0 Å². The lowest BCUT2D eigenvalue weighted by atomic mass is 9.90. The number of non-ortho nitro benzene ring substituents is 1. The van der Waals surface area contributed by atoms with Crippen molar-refractivity contribution in [1.29, 1.82) is 5.26 Å². The lowest BCUT2D eigenvalue weighted by molar-refractivity contribution is -0.384. The summed E-state index contributed by atoms with van der Waals surface area (Å²) in [7, 11) is 0. The van der Waals surface area contributed by atoms with Crippen molar-refractivity contribution in [2.45, 2.75) is 18.4 Å². The third-order valence-electron chi connectivity index (χ3n) is 3.49. The Balaban J connectivity index is 2.28. The summed E-state index contributed by atoms with van der Waals surface area (Å²) < 4.78 is 5.27. The van der Waals surface area contributed by atoms with Crippen LogP contribution in [0.2, 0.25) is 0 Å². The second-order valence-electron chi connectivity index (χ2n) is 4.77. The zero-order chi connectivity index (χ0) is 14.6. The van der Waals surface area contributed by atoms with Gasteiger partial charge >= 0.3 is 0 Å². The van der Waals surface area contributed by atoms with Crippen molar-refractivity contribution in [3.8, 4) is 6.07 Å². The van der Waals surface area contributed by atoms with Gasteiger partial charge in [-0.25, -0.2) is 0 Å². The van der Waals surface area contributed by atoms with Gasteiger partial charge in [0, 0.05) is 25.3 Å². The summed E-state index contributed by atoms with van der Waals surface area (Å²) in [5.74, 6) is 0. The van der Waals surface area contributed by atoms with Gasteiger partial charge in [-0.15, -0.1) is 0 Å². The zero-order valence-corrected chi connectivity index (χ0v) is 10.8. The molecule has 1 aliphatic heterocycles. The van der Waals surface area contributed by atoms with Crippen LogP contribution >= 0.6 is 0 Å². The number of nitro benzene ring substituents is 1. The average Bonchev–Trinajstić information content (AvgIpc) is 2.48. The number of nitro groups is 1. The number of nitrogens with one attached hydrogen (secondary N) is 1. The van der Waals surface area contributed by atoms with E-state index in [4.69, 9.17) is 10.00 Å². The first-order chi connectivity index (χ1) is 9.60. The van der Waals surface area contributed by atoms with Crippen LogP contribution in [0, 0.1) is 21.4 Å². The Bertz CT molecular complexity index is 547. The molecule has 0 spiro atoms. The summed E-state index contributed by atoms with van der Waals surface area (Å²) in [6, 6.07) is 6.02. The van der Waals surface area contributed by atoms with E-state index in [0.717, 1.165) is 0 Å². The van der Waals surface area contributed by atoms with Gasteiger partial charge in [-0.3, -0.25) is 10.1 Å². The molecule has 0 amide bonds. The zero-order valence-electron chi connectivity index (χ0n) is 10.8. The van der Waals surface area contributed by atoms with Crippen LogP contribution in [0.4, 0.5) is 11.4 Å². The third kappa shape index (κ3) is 2.87. The topological polar surface area (TPSA) is 108 Å². The number of hydrogen-bond acceptors (Lipinski definition) is 6. The van der Waals surface area contributed by atoms with Gasteiger partial charge in [-0.05, 0) is 18.9 Å². The number of aliphatic hydroxyl groups excluding tert-OH is 1. The number of hydrogen-bond donors (Lipinski definition) is 2. The minimum atomic E-state index is -0.542.